The van der Waals surface area contributed by atoms with Crippen molar-refractivity contribution in [2.75, 3.05) is 0 Å². The van der Waals surface area contributed by atoms with Crippen LogP contribution in [-0.2, 0) is 16.6 Å². The summed E-state index contributed by atoms with van der Waals surface area (Å²) in [6.45, 7) is 0.409. The summed E-state index contributed by atoms with van der Waals surface area (Å²) in [7, 11) is -3.55. The Bertz CT molecular complexity index is 1110. The molecule has 0 saturated heterocycles. The van der Waals surface area contributed by atoms with Crippen LogP contribution in [0.5, 0.6) is 11.5 Å². The van der Waals surface area contributed by atoms with E-state index in [1.807, 2.05) is 12.1 Å². The lowest BCUT2D eigenvalue weighted by Crippen LogP contribution is -2.25. The summed E-state index contributed by atoms with van der Waals surface area (Å²) in [5.74, 6) is 0.437. The maximum Gasteiger partial charge on any atom is 0.343 e. The van der Waals surface area contributed by atoms with Gasteiger partial charge in [0.15, 0.2) is 0 Å². The Balaban J connectivity index is 1.34. The Morgan fingerprint density at radius 2 is 1.57 bits per heavy atom. The maximum absolute atomic E-state index is 12.3. The molecule has 1 aliphatic carbocycles. The average Bonchev–Trinajstić information content (AvgIpc) is 3.57. The predicted molar refractivity (Wildman–Crippen MR) is 110 cm³/mol. The van der Waals surface area contributed by atoms with Crippen LogP contribution in [-0.4, -0.2) is 25.4 Å². The van der Waals surface area contributed by atoms with Gasteiger partial charge in [-0.15, -0.1) is 0 Å². The minimum atomic E-state index is -3.55. The van der Waals surface area contributed by atoms with Crippen LogP contribution >= 0.6 is 0 Å². The highest BCUT2D eigenvalue weighted by molar-refractivity contribution is 7.89. The van der Waals surface area contributed by atoms with Crippen molar-refractivity contribution < 1.29 is 22.7 Å². The van der Waals surface area contributed by atoms with Crippen LogP contribution in [0.2, 0.25) is 0 Å². The monoisotopic (exact) mass is 424 g/mol. The summed E-state index contributed by atoms with van der Waals surface area (Å²) in [5.41, 5.74) is 1.26. The number of pyridine rings is 1. The Kier molecular flexibility index (Phi) is 5.78. The summed E-state index contributed by atoms with van der Waals surface area (Å²) in [5, 5.41) is 0. The van der Waals surface area contributed by atoms with Gasteiger partial charge < -0.3 is 9.47 Å². The molecule has 1 fully saturated rings. The van der Waals surface area contributed by atoms with Crippen LogP contribution in [0.1, 0.15) is 28.8 Å². The van der Waals surface area contributed by atoms with Gasteiger partial charge in [0.25, 0.3) is 0 Å². The fourth-order valence-electron chi connectivity index (χ4n) is 2.67. The molecule has 7 nitrogen and oxygen atoms in total. The summed E-state index contributed by atoms with van der Waals surface area (Å²) in [6, 6.07) is 16.1. The first kappa shape index (κ1) is 20.1. The Morgan fingerprint density at radius 1 is 0.933 bits per heavy atom. The zero-order valence-electron chi connectivity index (χ0n) is 16.0. The number of aromatic nitrogens is 1. The second kappa shape index (κ2) is 8.64. The maximum atomic E-state index is 12.3. The lowest BCUT2D eigenvalue weighted by molar-refractivity contribution is 0.0734. The summed E-state index contributed by atoms with van der Waals surface area (Å²) >= 11 is 0. The third-order valence-electron chi connectivity index (χ3n) is 4.49. The van der Waals surface area contributed by atoms with Gasteiger partial charge in [-0.25, -0.2) is 17.9 Å². The molecule has 0 spiro atoms. The van der Waals surface area contributed by atoms with Crippen LogP contribution in [0.25, 0.3) is 0 Å². The van der Waals surface area contributed by atoms with Crippen molar-refractivity contribution >= 4 is 16.0 Å². The number of carbonyl (C=O) groups is 1. The smallest absolute Gasteiger partial charge is 0.343 e. The van der Waals surface area contributed by atoms with E-state index in [0.29, 0.717) is 18.1 Å². The number of nitrogens with one attached hydrogen (secondary N) is 1. The SMILES string of the molecule is O=C(Oc1ccc(OCc2ccncc2)cc1)c1ccc(S(=O)(=O)NC2CC2)cc1. The molecule has 1 heterocycles. The number of benzene rings is 2. The normalized spacial score (nSPS) is 13.6. The molecule has 0 amide bonds. The minimum Gasteiger partial charge on any atom is -0.489 e. The van der Waals surface area contributed by atoms with E-state index in [9.17, 15) is 13.2 Å². The molecular weight excluding hydrogens is 404 g/mol. The van der Waals surface area contributed by atoms with Crippen LogP contribution in [0.15, 0.2) is 78.0 Å². The molecule has 2 aromatic carbocycles. The fourth-order valence-corrected chi connectivity index (χ4v) is 3.98. The Morgan fingerprint density at radius 3 is 2.20 bits per heavy atom. The standard InChI is InChI=1S/C22H20N2O5S/c25-22(17-1-9-21(10-2-17)30(26,27)24-18-3-4-18)29-20-7-5-19(6-8-20)28-15-16-11-13-23-14-12-16/h1-2,5-14,18,24H,3-4,15H2. The molecule has 0 aliphatic heterocycles. The minimum absolute atomic E-state index is 0.0243. The van der Waals surface area contributed by atoms with Crippen molar-refractivity contribution in [1.82, 2.24) is 9.71 Å². The molecule has 1 aliphatic rings. The Labute approximate surface area is 174 Å². The number of ether oxygens (including phenoxy) is 2. The average molecular weight is 424 g/mol. The topological polar surface area (TPSA) is 94.6 Å². The molecule has 0 unspecified atom stereocenters. The van der Waals surface area contributed by atoms with E-state index in [4.69, 9.17) is 9.47 Å². The summed E-state index contributed by atoms with van der Waals surface area (Å²) < 4.78 is 38.0. The van der Waals surface area contributed by atoms with Crippen LogP contribution in [0.3, 0.4) is 0 Å². The first-order valence-electron chi connectivity index (χ1n) is 9.46. The van der Waals surface area contributed by atoms with E-state index in [2.05, 4.69) is 9.71 Å². The third kappa shape index (κ3) is 5.22. The predicted octanol–water partition coefficient (Wildman–Crippen LogP) is 3.32. The third-order valence-corrected chi connectivity index (χ3v) is 6.03. The van der Waals surface area contributed by atoms with E-state index in [-0.39, 0.29) is 16.5 Å². The second-order valence-corrected chi connectivity index (χ2v) is 8.64. The molecule has 0 radical (unpaired) electrons. The molecule has 4 rings (SSSR count). The molecule has 0 atom stereocenters. The second-order valence-electron chi connectivity index (χ2n) is 6.93. The van der Waals surface area contributed by atoms with Gasteiger partial charge >= 0.3 is 5.97 Å². The number of esters is 1. The molecule has 1 aromatic heterocycles. The molecule has 1 saturated carbocycles. The lowest BCUT2D eigenvalue weighted by atomic mass is 10.2. The molecule has 8 heteroatoms. The van der Waals surface area contributed by atoms with Gasteiger partial charge in [-0.2, -0.15) is 0 Å². The van der Waals surface area contributed by atoms with Crippen molar-refractivity contribution in [2.24, 2.45) is 0 Å². The number of hydrogen-bond acceptors (Lipinski definition) is 6. The number of rotatable bonds is 8. The van der Waals surface area contributed by atoms with Gasteiger partial charge in [0.1, 0.15) is 18.1 Å². The van der Waals surface area contributed by atoms with Crippen molar-refractivity contribution in [1.29, 1.82) is 0 Å². The van der Waals surface area contributed by atoms with Crippen LogP contribution < -0.4 is 14.2 Å². The lowest BCUT2D eigenvalue weighted by Gasteiger charge is -2.09. The van der Waals surface area contributed by atoms with E-state index >= 15 is 0 Å². The highest BCUT2D eigenvalue weighted by Crippen LogP contribution is 2.23. The van der Waals surface area contributed by atoms with Crippen molar-refractivity contribution in [3.05, 3.63) is 84.2 Å². The van der Waals surface area contributed by atoms with E-state index < -0.39 is 16.0 Å². The van der Waals surface area contributed by atoms with Gasteiger partial charge in [0, 0.05) is 18.4 Å². The van der Waals surface area contributed by atoms with Crippen LogP contribution in [0.4, 0.5) is 0 Å². The first-order chi connectivity index (χ1) is 14.5. The highest BCUT2D eigenvalue weighted by Gasteiger charge is 2.28. The number of nitrogens with zero attached hydrogens (tertiary/aromatic N) is 1. The zero-order valence-corrected chi connectivity index (χ0v) is 16.8. The molecular formula is C22H20N2O5S. The van der Waals surface area contributed by atoms with E-state index in [1.165, 1.54) is 24.3 Å². The highest BCUT2D eigenvalue weighted by atomic mass is 32.2. The molecule has 1 N–H and O–H groups in total. The summed E-state index contributed by atoms with van der Waals surface area (Å²) in [6.07, 6.45) is 5.12. The van der Waals surface area contributed by atoms with Gasteiger partial charge in [-0.3, -0.25) is 4.98 Å². The summed E-state index contributed by atoms with van der Waals surface area (Å²) in [4.78, 5) is 16.4. The molecule has 30 heavy (non-hydrogen) atoms. The quantitative estimate of drug-likeness (QED) is 0.440. The van der Waals surface area contributed by atoms with Gasteiger partial charge in [-0.05, 0) is 79.1 Å². The van der Waals surface area contributed by atoms with Crippen molar-refractivity contribution in [3.63, 3.8) is 0 Å². The van der Waals surface area contributed by atoms with Crippen LogP contribution in [0, 0.1) is 0 Å². The van der Waals surface area contributed by atoms with E-state index in [1.54, 1.807) is 36.7 Å². The van der Waals surface area contributed by atoms with Gasteiger partial charge in [0.05, 0.1) is 10.5 Å². The first-order valence-corrected chi connectivity index (χ1v) is 10.9. The number of hydrogen-bond donors (Lipinski definition) is 1. The zero-order chi connectivity index (χ0) is 21.0. The fraction of sp³-hybridized carbons (Fsp3) is 0.182. The van der Waals surface area contributed by atoms with Crippen molar-refractivity contribution in [2.45, 2.75) is 30.4 Å². The number of carbonyl (C=O) groups excluding carboxylic acids is 1. The number of sulfonamides is 1. The van der Waals surface area contributed by atoms with Gasteiger partial charge in [0.2, 0.25) is 10.0 Å². The Hall–Kier alpha value is -3.23. The van der Waals surface area contributed by atoms with Gasteiger partial charge in [-0.1, -0.05) is 0 Å². The van der Waals surface area contributed by atoms with E-state index in [0.717, 1.165) is 18.4 Å². The largest absolute Gasteiger partial charge is 0.489 e. The van der Waals surface area contributed by atoms with Crippen molar-refractivity contribution in [3.8, 4) is 11.5 Å². The molecule has 3 aromatic rings. The molecule has 154 valence electrons. The molecule has 0 bridgehead atoms.